The van der Waals surface area contributed by atoms with Crippen LogP contribution in [-0.2, 0) is 11.2 Å². The third kappa shape index (κ3) is 2.32. The Morgan fingerprint density at radius 3 is 2.83 bits per heavy atom. The van der Waals surface area contributed by atoms with Gasteiger partial charge in [0.1, 0.15) is 0 Å². The predicted octanol–water partition coefficient (Wildman–Crippen LogP) is 0.796. The molecule has 1 rings (SSSR count). The summed E-state index contributed by atoms with van der Waals surface area (Å²) in [5.41, 5.74) is 11.7. The largest absolute Gasteiger partial charge is 0.369 e. The summed E-state index contributed by atoms with van der Waals surface area (Å²) in [6.07, 6.45) is 0.309. The van der Waals surface area contributed by atoms with E-state index >= 15 is 0 Å². The molecular formula is C8H12N2OS. The highest BCUT2D eigenvalue weighted by molar-refractivity contribution is 7.10. The third-order valence-corrected chi connectivity index (χ3v) is 2.68. The molecule has 1 heterocycles. The lowest BCUT2D eigenvalue weighted by Crippen LogP contribution is -2.13. The fraction of sp³-hybridized carbons (Fsp3) is 0.375. The lowest BCUT2D eigenvalue weighted by Gasteiger charge is -1.97. The second-order valence-electron chi connectivity index (χ2n) is 2.79. The fourth-order valence-corrected chi connectivity index (χ4v) is 1.80. The van der Waals surface area contributed by atoms with Crippen molar-refractivity contribution in [2.24, 2.45) is 11.5 Å². The lowest BCUT2D eigenvalue weighted by atomic mass is 10.2. The summed E-state index contributed by atoms with van der Waals surface area (Å²) in [4.78, 5) is 11.6. The molecule has 0 aliphatic rings. The molecule has 0 saturated heterocycles. The molecule has 4 heteroatoms. The van der Waals surface area contributed by atoms with Gasteiger partial charge in [-0.25, -0.2) is 0 Å². The van der Waals surface area contributed by atoms with Crippen LogP contribution in [0.5, 0.6) is 0 Å². The van der Waals surface area contributed by atoms with Crippen LogP contribution in [-0.4, -0.2) is 5.91 Å². The molecule has 1 unspecified atom stereocenters. The summed E-state index contributed by atoms with van der Waals surface area (Å²) >= 11 is 1.57. The van der Waals surface area contributed by atoms with E-state index in [1.165, 1.54) is 0 Å². The van der Waals surface area contributed by atoms with Crippen LogP contribution in [0.2, 0.25) is 0 Å². The fourth-order valence-electron chi connectivity index (χ4n) is 0.927. The zero-order valence-corrected chi connectivity index (χ0v) is 7.73. The zero-order valence-electron chi connectivity index (χ0n) is 6.91. The first-order valence-electron chi connectivity index (χ1n) is 3.71. The highest BCUT2D eigenvalue weighted by Crippen LogP contribution is 2.20. The first-order valence-corrected chi connectivity index (χ1v) is 4.58. The van der Waals surface area contributed by atoms with Gasteiger partial charge in [-0.05, 0) is 23.9 Å². The first-order chi connectivity index (χ1) is 5.59. The molecular weight excluding hydrogens is 172 g/mol. The standard InChI is InChI=1S/C8H12N2OS/c1-5(9)7-2-6(4-12-7)3-8(10)11/h2,4-5H,3,9H2,1H3,(H2,10,11). The summed E-state index contributed by atoms with van der Waals surface area (Å²) < 4.78 is 0. The number of rotatable bonds is 3. The molecule has 0 saturated carbocycles. The molecule has 1 aromatic heterocycles. The minimum absolute atomic E-state index is 0.0385. The van der Waals surface area contributed by atoms with Gasteiger partial charge in [0.25, 0.3) is 0 Å². The average Bonchev–Trinajstić information content (AvgIpc) is 2.34. The lowest BCUT2D eigenvalue weighted by molar-refractivity contribution is -0.117. The van der Waals surface area contributed by atoms with Gasteiger partial charge in [0.15, 0.2) is 0 Å². The van der Waals surface area contributed by atoms with Crippen LogP contribution in [0.25, 0.3) is 0 Å². The van der Waals surface area contributed by atoms with Gasteiger partial charge in [0, 0.05) is 10.9 Å². The van der Waals surface area contributed by atoms with Crippen molar-refractivity contribution >= 4 is 17.2 Å². The second-order valence-corrected chi connectivity index (χ2v) is 3.73. The van der Waals surface area contributed by atoms with Crippen LogP contribution in [0.3, 0.4) is 0 Å². The number of amides is 1. The summed E-state index contributed by atoms with van der Waals surface area (Å²) in [5.74, 6) is -0.302. The molecule has 0 radical (unpaired) electrons. The molecule has 3 nitrogen and oxygen atoms in total. The monoisotopic (exact) mass is 184 g/mol. The van der Waals surface area contributed by atoms with E-state index in [2.05, 4.69) is 0 Å². The van der Waals surface area contributed by atoms with Gasteiger partial charge >= 0.3 is 0 Å². The Morgan fingerprint density at radius 2 is 2.42 bits per heavy atom. The smallest absolute Gasteiger partial charge is 0.221 e. The van der Waals surface area contributed by atoms with E-state index in [4.69, 9.17) is 11.5 Å². The SMILES string of the molecule is CC(N)c1cc(CC(N)=O)cs1. The Balaban J connectivity index is 2.70. The van der Waals surface area contributed by atoms with Crippen molar-refractivity contribution in [2.75, 3.05) is 0 Å². The zero-order chi connectivity index (χ0) is 9.14. The van der Waals surface area contributed by atoms with Crippen molar-refractivity contribution in [3.8, 4) is 0 Å². The van der Waals surface area contributed by atoms with Crippen LogP contribution >= 0.6 is 11.3 Å². The third-order valence-electron chi connectivity index (χ3n) is 1.50. The van der Waals surface area contributed by atoms with Crippen molar-refractivity contribution in [1.82, 2.24) is 0 Å². The van der Waals surface area contributed by atoms with E-state index in [9.17, 15) is 4.79 Å². The summed E-state index contributed by atoms with van der Waals surface area (Å²) in [5, 5.41) is 1.92. The topological polar surface area (TPSA) is 69.1 Å². The van der Waals surface area contributed by atoms with Crippen LogP contribution in [0.1, 0.15) is 23.4 Å². The molecule has 12 heavy (non-hydrogen) atoms. The Labute approximate surface area is 75.4 Å². The van der Waals surface area contributed by atoms with Crippen LogP contribution in [0.15, 0.2) is 11.4 Å². The highest BCUT2D eigenvalue weighted by Gasteiger charge is 2.05. The van der Waals surface area contributed by atoms with Gasteiger partial charge < -0.3 is 11.5 Å². The molecule has 1 amide bonds. The Morgan fingerprint density at radius 1 is 1.75 bits per heavy atom. The summed E-state index contributed by atoms with van der Waals surface area (Å²) in [6, 6.07) is 1.97. The summed E-state index contributed by atoms with van der Waals surface area (Å²) in [6.45, 7) is 1.92. The van der Waals surface area contributed by atoms with E-state index in [1.807, 2.05) is 18.4 Å². The maximum atomic E-state index is 10.5. The summed E-state index contributed by atoms with van der Waals surface area (Å²) in [7, 11) is 0. The number of carbonyl (C=O) groups excluding carboxylic acids is 1. The van der Waals surface area contributed by atoms with E-state index < -0.39 is 0 Å². The number of nitrogens with two attached hydrogens (primary N) is 2. The van der Waals surface area contributed by atoms with E-state index in [0.717, 1.165) is 10.4 Å². The average molecular weight is 184 g/mol. The number of thiophene rings is 1. The number of primary amides is 1. The van der Waals surface area contributed by atoms with Gasteiger partial charge in [0.05, 0.1) is 6.42 Å². The predicted molar refractivity (Wildman–Crippen MR) is 49.8 cm³/mol. The molecule has 1 aromatic rings. The van der Waals surface area contributed by atoms with Gasteiger partial charge in [-0.3, -0.25) is 4.79 Å². The molecule has 0 aliphatic carbocycles. The maximum absolute atomic E-state index is 10.5. The maximum Gasteiger partial charge on any atom is 0.221 e. The van der Waals surface area contributed by atoms with E-state index in [-0.39, 0.29) is 11.9 Å². The van der Waals surface area contributed by atoms with Gasteiger partial charge in [-0.1, -0.05) is 0 Å². The molecule has 0 spiro atoms. The normalized spacial score (nSPS) is 12.8. The van der Waals surface area contributed by atoms with Crippen molar-refractivity contribution in [3.63, 3.8) is 0 Å². The van der Waals surface area contributed by atoms with Gasteiger partial charge in [-0.2, -0.15) is 0 Å². The molecule has 0 fully saturated rings. The first kappa shape index (κ1) is 9.22. The van der Waals surface area contributed by atoms with Gasteiger partial charge in [0.2, 0.25) is 5.91 Å². The molecule has 4 N–H and O–H groups in total. The number of hydrogen-bond acceptors (Lipinski definition) is 3. The molecule has 0 aliphatic heterocycles. The van der Waals surface area contributed by atoms with Crippen LogP contribution in [0.4, 0.5) is 0 Å². The highest BCUT2D eigenvalue weighted by atomic mass is 32.1. The van der Waals surface area contributed by atoms with Crippen molar-refractivity contribution in [3.05, 3.63) is 21.9 Å². The molecule has 0 bridgehead atoms. The minimum atomic E-state index is -0.302. The second kappa shape index (κ2) is 3.69. The molecule has 1 atom stereocenters. The minimum Gasteiger partial charge on any atom is -0.369 e. The van der Waals surface area contributed by atoms with Crippen LogP contribution < -0.4 is 11.5 Å². The molecule has 66 valence electrons. The van der Waals surface area contributed by atoms with E-state index in [0.29, 0.717) is 6.42 Å². The molecule has 0 aromatic carbocycles. The Bertz CT molecular complexity index is 280. The van der Waals surface area contributed by atoms with Crippen molar-refractivity contribution < 1.29 is 4.79 Å². The van der Waals surface area contributed by atoms with Crippen molar-refractivity contribution in [2.45, 2.75) is 19.4 Å². The number of carbonyl (C=O) groups is 1. The van der Waals surface area contributed by atoms with Crippen molar-refractivity contribution in [1.29, 1.82) is 0 Å². The quantitative estimate of drug-likeness (QED) is 0.729. The van der Waals surface area contributed by atoms with E-state index in [1.54, 1.807) is 11.3 Å². The van der Waals surface area contributed by atoms with Crippen LogP contribution in [0, 0.1) is 0 Å². The van der Waals surface area contributed by atoms with Gasteiger partial charge in [-0.15, -0.1) is 11.3 Å². The number of hydrogen-bond donors (Lipinski definition) is 2. The Kier molecular flexibility index (Phi) is 2.83. The Hall–Kier alpha value is -0.870.